The summed E-state index contributed by atoms with van der Waals surface area (Å²) in [6, 6.07) is 10.2. The van der Waals surface area contributed by atoms with Crippen molar-refractivity contribution >= 4 is 11.5 Å². The van der Waals surface area contributed by atoms with Crippen LogP contribution in [-0.2, 0) is 12.7 Å². The minimum Gasteiger partial charge on any atom is -0.351 e. The van der Waals surface area contributed by atoms with E-state index in [1.54, 1.807) is 0 Å². The van der Waals surface area contributed by atoms with Crippen LogP contribution in [0.5, 0.6) is 0 Å². The van der Waals surface area contributed by atoms with Crippen molar-refractivity contribution in [2.24, 2.45) is 0 Å². The number of aromatic nitrogens is 3. The maximum Gasteiger partial charge on any atom is 0.434 e. The van der Waals surface area contributed by atoms with E-state index < -0.39 is 11.9 Å². The Balaban J connectivity index is 1.50. The molecule has 1 saturated heterocycles. The summed E-state index contributed by atoms with van der Waals surface area (Å²) < 4.78 is 40.2. The summed E-state index contributed by atoms with van der Waals surface area (Å²) in [6.45, 7) is 3.92. The van der Waals surface area contributed by atoms with Gasteiger partial charge in [-0.3, -0.25) is 4.90 Å². The maximum absolute atomic E-state index is 12.9. The van der Waals surface area contributed by atoms with Crippen LogP contribution in [0, 0.1) is 0 Å². The molecule has 0 N–H and O–H groups in total. The third-order valence-electron chi connectivity index (χ3n) is 4.57. The van der Waals surface area contributed by atoms with E-state index in [2.05, 4.69) is 27.0 Å². The van der Waals surface area contributed by atoms with Gasteiger partial charge in [-0.25, -0.2) is 9.97 Å². The van der Waals surface area contributed by atoms with Crippen molar-refractivity contribution in [3.05, 3.63) is 60.2 Å². The number of benzene rings is 1. The van der Waals surface area contributed by atoms with E-state index in [0.29, 0.717) is 18.9 Å². The largest absolute Gasteiger partial charge is 0.434 e. The zero-order valence-electron chi connectivity index (χ0n) is 14.0. The van der Waals surface area contributed by atoms with Gasteiger partial charge in [-0.2, -0.15) is 13.2 Å². The van der Waals surface area contributed by atoms with E-state index in [1.807, 2.05) is 23.1 Å². The third kappa shape index (κ3) is 3.37. The van der Waals surface area contributed by atoms with Crippen LogP contribution in [-0.4, -0.2) is 45.4 Å². The lowest BCUT2D eigenvalue weighted by atomic mass is 10.2. The molecule has 136 valence electrons. The van der Waals surface area contributed by atoms with Gasteiger partial charge in [-0.1, -0.05) is 30.3 Å². The summed E-state index contributed by atoms with van der Waals surface area (Å²) in [5.41, 5.74) is 0.607. The Kier molecular flexibility index (Phi) is 4.28. The molecule has 5 nitrogen and oxygen atoms in total. The smallest absolute Gasteiger partial charge is 0.351 e. The highest BCUT2D eigenvalue weighted by atomic mass is 19.4. The van der Waals surface area contributed by atoms with Crippen molar-refractivity contribution in [1.82, 2.24) is 19.3 Å². The molecule has 1 aromatic carbocycles. The molecule has 0 spiro atoms. The van der Waals surface area contributed by atoms with E-state index in [0.717, 1.165) is 25.8 Å². The van der Waals surface area contributed by atoms with Crippen LogP contribution in [0.3, 0.4) is 0 Å². The minimum absolute atomic E-state index is 0.247. The van der Waals surface area contributed by atoms with Crippen molar-refractivity contribution in [2.75, 3.05) is 31.1 Å². The average molecular weight is 361 g/mol. The Morgan fingerprint density at radius 2 is 1.73 bits per heavy atom. The van der Waals surface area contributed by atoms with E-state index in [-0.39, 0.29) is 5.65 Å². The number of anilines is 1. The number of rotatable bonds is 3. The Labute approximate surface area is 148 Å². The van der Waals surface area contributed by atoms with Gasteiger partial charge in [-0.05, 0) is 5.56 Å². The molecule has 0 bridgehead atoms. The molecule has 8 heteroatoms. The van der Waals surface area contributed by atoms with Crippen LogP contribution < -0.4 is 4.90 Å². The van der Waals surface area contributed by atoms with Gasteiger partial charge in [0.2, 0.25) is 0 Å². The average Bonchev–Trinajstić information content (AvgIpc) is 3.08. The molecule has 3 heterocycles. The lowest BCUT2D eigenvalue weighted by Gasteiger charge is -2.35. The molecular weight excluding hydrogens is 343 g/mol. The zero-order valence-corrected chi connectivity index (χ0v) is 14.0. The molecule has 2 aromatic heterocycles. The SMILES string of the molecule is FC(F)(F)c1cn2ccnc(N3CCN(Cc4ccccc4)CC3)c2n1. The number of nitrogens with zero attached hydrogens (tertiary/aromatic N) is 5. The highest BCUT2D eigenvalue weighted by molar-refractivity contribution is 5.64. The molecule has 0 unspecified atom stereocenters. The second-order valence-electron chi connectivity index (χ2n) is 6.35. The highest BCUT2D eigenvalue weighted by Crippen LogP contribution is 2.30. The molecule has 1 fully saturated rings. The Morgan fingerprint density at radius 1 is 1.00 bits per heavy atom. The van der Waals surface area contributed by atoms with Crippen molar-refractivity contribution in [3.63, 3.8) is 0 Å². The maximum atomic E-state index is 12.9. The van der Waals surface area contributed by atoms with Gasteiger partial charge < -0.3 is 9.30 Å². The predicted molar refractivity (Wildman–Crippen MR) is 91.9 cm³/mol. The molecule has 0 atom stereocenters. The third-order valence-corrected chi connectivity index (χ3v) is 4.57. The van der Waals surface area contributed by atoms with Crippen LogP contribution in [0.15, 0.2) is 48.9 Å². The summed E-state index contributed by atoms with van der Waals surface area (Å²) in [5.74, 6) is 0.502. The van der Waals surface area contributed by atoms with E-state index in [9.17, 15) is 13.2 Å². The predicted octanol–water partition coefficient (Wildman–Crippen LogP) is 3.07. The number of fused-ring (bicyclic) bond motifs is 1. The fraction of sp³-hybridized carbons (Fsp3) is 0.333. The summed E-state index contributed by atoms with van der Waals surface area (Å²) in [4.78, 5) is 12.4. The Bertz CT molecular complexity index is 883. The number of halogens is 3. The number of hydrogen-bond donors (Lipinski definition) is 0. The highest BCUT2D eigenvalue weighted by Gasteiger charge is 2.34. The van der Waals surface area contributed by atoms with Gasteiger partial charge in [0, 0.05) is 51.3 Å². The van der Waals surface area contributed by atoms with E-state index in [4.69, 9.17) is 0 Å². The van der Waals surface area contributed by atoms with Crippen LogP contribution in [0.25, 0.3) is 5.65 Å². The number of imidazole rings is 1. The second-order valence-corrected chi connectivity index (χ2v) is 6.35. The lowest BCUT2D eigenvalue weighted by Crippen LogP contribution is -2.46. The quantitative estimate of drug-likeness (QED) is 0.719. The monoisotopic (exact) mass is 361 g/mol. The molecule has 26 heavy (non-hydrogen) atoms. The molecule has 4 rings (SSSR count). The first-order chi connectivity index (χ1) is 12.5. The lowest BCUT2D eigenvalue weighted by molar-refractivity contribution is -0.140. The van der Waals surface area contributed by atoms with Gasteiger partial charge >= 0.3 is 6.18 Å². The van der Waals surface area contributed by atoms with Crippen molar-refractivity contribution in [2.45, 2.75) is 12.7 Å². The number of hydrogen-bond acceptors (Lipinski definition) is 4. The van der Waals surface area contributed by atoms with E-state index >= 15 is 0 Å². The fourth-order valence-corrected chi connectivity index (χ4v) is 3.23. The van der Waals surface area contributed by atoms with Crippen molar-refractivity contribution < 1.29 is 13.2 Å². The molecule has 0 aliphatic carbocycles. The number of alkyl halides is 3. The topological polar surface area (TPSA) is 36.7 Å². The summed E-state index contributed by atoms with van der Waals surface area (Å²) in [5, 5.41) is 0. The first-order valence-corrected chi connectivity index (χ1v) is 8.43. The van der Waals surface area contributed by atoms with Crippen molar-refractivity contribution in [1.29, 1.82) is 0 Å². The summed E-state index contributed by atoms with van der Waals surface area (Å²) in [7, 11) is 0. The minimum atomic E-state index is -4.46. The summed E-state index contributed by atoms with van der Waals surface area (Å²) >= 11 is 0. The van der Waals surface area contributed by atoms with Gasteiger partial charge in [0.1, 0.15) is 0 Å². The van der Waals surface area contributed by atoms with Crippen LogP contribution >= 0.6 is 0 Å². The fourth-order valence-electron chi connectivity index (χ4n) is 3.23. The van der Waals surface area contributed by atoms with Gasteiger partial charge in [-0.15, -0.1) is 0 Å². The molecule has 3 aromatic rings. The van der Waals surface area contributed by atoms with E-state index in [1.165, 1.54) is 22.4 Å². The molecule has 1 aliphatic rings. The Morgan fingerprint density at radius 3 is 2.42 bits per heavy atom. The van der Waals surface area contributed by atoms with Crippen LogP contribution in [0.2, 0.25) is 0 Å². The molecular formula is C18H18F3N5. The standard InChI is InChI=1S/C18H18F3N5/c19-18(20,21)15-13-26-7-6-22-16(17(26)23-15)25-10-8-24(9-11-25)12-14-4-2-1-3-5-14/h1-7,13H,8-12H2. The van der Waals surface area contributed by atoms with Crippen LogP contribution in [0.1, 0.15) is 11.3 Å². The molecule has 1 aliphatic heterocycles. The summed E-state index contributed by atoms with van der Waals surface area (Å²) in [6.07, 6.45) is -0.447. The van der Waals surface area contributed by atoms with Crippen molar-refractivity contribution in [3.8, 4) is 0 Å². The van der Waals surface area contributed by atoms with Gasteiger partial charge in [0.05, 0.1) is 0 Å². The molecule has 0 amide bonds. The number of piperazine rings is 1. The van der Waals surface area contributed by atoms with Crippen LogP contribution in [0.4, 0.5) is 19.0 Å². The zero-order chi connectivity index (χ0) is 18.1. The normalized spacial score (nSPS) is 16.3. The molecule has 0 radical (unpaired) electrons. The first-order valence-electron chi connectivity index (χ1n) is 8.43. The van der Waals surface area contributed by atoms with Gasteiger partial charge in [0.25, 0.3) is 0 Å². The second kappa shape index (κ2) is 6.60. The molecule has 0 saturated carbocycles. The van der Waals surface area contributed by atoms with Gasteiger partial charge in [0.15, 0.2) is 17.2 Å². The Hall–Kier alpha value is -2.61. The first kappa shape index (κ1) is 16.8.